The van der Waals surface area contributed by atoms with Crippen LogP contribution in [0.3, 0.4) is 0 Å². The van der Waals surface area contributed by atoms with E-state index in [0.29, 0.717) is 0 Å². The number of ether oxygens (including phenoxy) is 2. The summed E-state index contributed by atoms with van der Waals surface area (Å²) in [7, 11) is 1.74. The lowest BCUT2D eigenvalue weighted by Crippen LogP contribution is -2.45. The second-order valence-electron chi connectivity index (χ2n) is 2.80. The van der Waals surface area contributed by atoms with E-state index < -0.39 is 0 Å². The normalized spacial score (nSPS) is 28.4. The molecule has 1 fully saturated rings. The zero-order chi connectivity index (χ0) is 8.10. The number of hydrogen-bond donors (Lipinski definition) is 1. The van der Waals surface area contributed by atoms with Gasteiger partial charge in [-0.1, -0.05) is 6.92 Å². The van der Waals surface area contributed by atoms with Gasteiger partial charge in [-0.25, -0.2) is 0 Å². The van der Waals surface area contributed by atoms with Crippen LogP contribution in [0, 0.1) is 0 Å². The van der Waals surface area contributed by atoms with Gasteiger partial charge in [0.05, 0.1) is 18.8 Å². The van der Waals surface area contributed by atoms with Gasteiger partial charge in [-0.15, -0.1) is 0 Å². The average Bonchev–Trinajstić information content (AvgIpc) is 2.09. The van der Waals surface area contributed by atoms with Crippen LogP contribution < -0.4 is 5.32 Å². The van der Waals surface area contributed by atoms with E-state index in [2.05, 4.69) is 12.2 Å². The predicted molar refractivity (Wildman–Crippen MR) is 43.7 cm³/mol. The highest BCUT2D eigenvalue weighted by atomic mass is 16.5. The molecule has 1 rings (SSSR count). The number of methoxy groups -OCH3 is 1. The van der Waals surface area contributed by atoms with Crippen molar-refractivity contribution in [3.05, 3.63) is 0 Å². The minimum atomic E-state index is 0.249. The largest absolute Gasteiger partial charge is 0.379 e. The maximum atomic E-state index is 5.53. The Morgan fingerprint density at radius 2 is 2.55 bits per heavy atom. The molecule has 66 valence electrons. The summed E-state index contributed by atoms with van der Waals surface area (Å²) in [5.41, 5.74) is 0. The van der Waals surface area contributed by atoms with Crippen LogP contribution in [-0.2, 0) is 9.47 Å². The lowest BCUT2D eigenvalue weighted by atomic mass is 10.1. The van der Waals surface area contributed by atoms with Crippen molar-refractivity contribution in [1.29, 1.82) is 0 Å². The molecule has 0 aromatic rings. The Bertz CT molecular complexity index is 98.3. The maximum absolute atomic E-state index is 5.53. The molecule has 1 N–H and O–H groups in total. The van der Waals surface area contributed by atoms with Crippen molar-refractivity contribution < 1.29 is 9.47 Å². The molecule has 1 aliphatic rings. The van der Waals surface area contributed by atoms with Crippen LogP contribution in [0.15, 0.2) is 0 Å². The van der Waals surface area contributed by atoms with E-state index in [9.17, 15) is 0 Å². The molecule has 1 saturated heterocycles. The topological polar surface area (TPSA) is 30.5 Å². The van der Waals surface area contributed by atoms with E-state index in [1.165, 1.54) is 0 Å². The van der Waals surface area contributed by atoms with E-state index >= 15 is 0 Å². The van der Waals surface area contributed by atoms with E-state index in [1.54, 1.807) is 7.11 Å². The van der Waals surface area contributed by atoms with E-state index in [-0.39, 0.29) is 12.2 Å². The first-order valence-electron chi connectivity index (χ1n) is 4.23. The van der Waals surface area contributed by atoms with Crippen LogP contribution >= 0.6 is 0 Å². The molecule has 0 saturated carbocycles. The quantitative estimate of drug-likeness (QED) is 0.646. The van der Waals surface area contributed by atoms with Gasteiger partial charge in [-0.05, 0) is 6.42 Å². The molecule has 3 heteroatoms. The Morgan fingerprint density at radius 1 is 1.73 bits per heavy atom. The molecule has 2 unspecified atom stereocenters. The molecule has 0 amide bonds. The predicted octanol–water partition coefficient (Wildman–Crippen LogP) is 0.400. The average molecular weight is 159 g/mol. The number of nitrogens with one attached hydrogen (secondary N) is 1. The Hall–Kier alpha value is -0.120. The van der Waals surface area contributed by atoms with Gasteiger partial charge in [0, 0.05) is 20.2 Å². The highest BCUT2D eigenvalue weighted by molar-refractivity contribution is 4.74. The van der Waals surface area contributed by atoms with Crippen molar-refractivity contribution in [2.75, 3.05) is 26.8 Å². The standard InChI is InChI=1S/C8H17NO2/c1-3-7(10-2)8-6-9-4-5-11-8/h7-9H,3-6H2,1-2H3. The van der Waals surface area contributed by atoms with E-state index in [4.69, 9.17) is 9.47 Å². The lowest BCUT2D eigenvalue weighted by Gasteiger charge is -2.29. The molecular weight excluding hydrogens is 142 g/mol. The maximum Gasteiger partial charge on any atom is 0.0960 e. The third kappa shape index (κ3) is 2.43. The van der Waals surface area contributed by atoms with Gasteiger partial charge in [-0.3, -0.25) is 0 Å². The lowest BCUT2D eigenvalue weighted by molar-refractivity contribution is -0.0698. The van der Waals surface area contributed by atoms with Gasteiger partial charge in [0.2, 0.25) is 0 Å². The number of hydrogen-bond acceptors (Lipinski definition) is 3. The molecule has 0 aromatic carbocycles. The van der Waals surface area contributed by atoms with Crippen LogP contribution in [0.2, 0.25) is 0 Å². The fourth-order valence-electron chi connectivity index (χ4n) is 1.41. The summed E-state index contributed by atoms with van der Waals surface area (Å²) in [4.78, 5) is 0. The molecule has 2 atom stereocenters. The van der Waals surface area contributed by atoms with Crippen molar-refractivity contribution in [1.82, 2.24) is 5.32 Å². The molecule has 0 spiro atoms. The van der Waals surface area contributed by atoms with E-state index in [1.807, 2.05) is 0 Å². The highest BCUT2D eigenvalue weighted by Gasteiger charge is 2.22. The zero-order valence-corrected chi connectivity index (χ0v) is 7.30. The Labute approximate surface area is 68.1 Å². The summed E-state index contributed by atoms with van der Waals surface area (Å²) in [6, 6.07) is 0. The molecule has 0 bridgehead atoms. The fraction of sp³-hybridized carbons (Fsp3) is 1.00. The number of morpholine rings is 1. The molecule has 0 aromatic heterocycles. The molecular formula is C8H17NO2. The van der Waals surface area contributed by atoms with Gasteiger partial charge in [0.25, 0.3) is 0 Å². The summed E-state index contributed by atoms with van der Waals surface area (Å²) in [6.07, 6.45) is 1.52. The Balaban J connectivity index is 2.30. The zero-order valence-electron chi connectivity index (χ0n) is 7.30. The van der Waals surface area contributed by atoms with Gasteiger partial charge in [-0.2, -0.15) is 0 Å². The summed E-state index contributed by atoms with van der Waals surface area (Å²) in [5.74, 6) is 0. The second kappa shape index (κ2) is 4.70. The van der Waals surface area contributed by atoms with E-state index in [0.717, 1.165) is 26.1 Å². The third-order valence-corrected chi connectivity index (χ3v) is 2.08. The molecule has 11 heavy (non-hydrogen) atoms. The van der Waals surface area contributed by atoms with Crippen molar-refractivity contribution in [2.24, 2.45) is 0 Å². The summed E-state index contributed by atoms with van der Waals surface area (Å²) in [6.45, 7) is 4.82. The summed E-state index contributed by atoms with van der Waals surface area (Å²) in [5, 5.41) is 3.28. The smallest absolute Gasteiger partial charge is 0.0960 e. The molecule has 0 radical (unpaired) electrons. The van der Waals surface area contributed by atoms with Crippen LogP contribution in [0.5, 0.6) is 0 Å². The van der Waals surface area contributed by atoms with Gasteiger partial charge in [0.1, 0.15) is 0 Å². The molecule has 1 aliphatic heterocycles. The molecule has 0 aliphatic carbocycles. The van der Waals surface area contributed by atoms with Crippen molar-refractivity contribution in [3.8, 4) is 0 Å². The van der Waals surface area contributed by atoms with Gasteiger partial charge in [0.15, 0.2) is 0 Å². The summed E-state index contributed by atoms with van der Waals surface area (Å²) >= 11 is 0. The van der Waals surface area contributed by atoms with Gasteiger partial charge < -0.3 is 14.8 Å². The van der Waals surface area contributed by atoms with Crippen LogP contribution in [0.25, 0.3) is 0 Å². The van der Waals surface area contributed by atoms with Gasteiger partial charge >= 0.3 is 0 Å². The monoisotopic (exact) mass is 159 g/mol. The van der Waals surface area contributed by atoms with Crippen LogP contribution in [-0.4, -0.2) is 39.0 Å². The minimum Gasteiger partial charge on any atom is -0.379 e. The SMILES string of the molecule is CCC(OC)C1CNCCO1. The molecule has 3 nitrogen and oxygen atoms in total. The second-order valence-corrected chi connectivity index (χ2v) is 2.80. The van der Waals surface area contributed by atoms with Crippen molar-refractivity contribution >= 4 is 0 Å². The highest BCUT2D eigenvalue weighted by Crippen LogP contribution is 2.08. The first-order chi connectivity index (χ1) is 5.38. The Morgan fingerprint density at radius 3 is 3.00 bits per heavy atom. The fourth-order valence-corrected chi connectivity index (χ4v) is 1.41. The molecule has 1 heterocycles. The first-order valence-corrected chi connectivity index (χ1v) is 4.23. The summed E-state index contributed by atoms with van der Waals surface area (Å²) < 4.78 is 10.8. The third-order valence-electron chi connectivity index (χ3n) is 2.08. The Kier molecular flexibility index (Phi) is 3.83. The van der Waals surface area contributed by atoms with Crippen LogP contribution in [0.4, 0.5) is 0 Å². The number of rotatable bonds is 3. The minimum absolute atomic E-state index is 0.249. The van der Waals surface area contributed by atoms with Crippen molar-refractivity contribution in [2.45, 2.75) is 25.6 Å². The first kappa shape index (κ1) is 8.97. The van der Waals surface area contributed by atoms with Crippen LogP contribution in [0.1, 0.15) is 13.3 Å². The van der Waals surface area contributed by atoms with Crippen molar-refractivity contribution in [3.63, 3.8) is 0 Å².